The fourth-order valence-electron chi connectivity index (χ4n) is 2.20. The topological polar surface area (TPSA) is 32.3 Å². The first-order valence-electron chi connectivity index (χ1n) is 4.28. The summed E-state index contributed by atoms with van der Waals surface area (Å²) in [5.41, 5.74) is 0. The van der Waals surface area contributed by atoms with Crippen LogP contribution in [0.3, 0.4) is 0 Å². The monoisotopic (exact) mass is 141 g/mol. The molecule has 1 saturated heterocycles. The third-order valence-corrected chi connectivity index (χ3v) is 2.88. The molecule has 1 aliphatic heterocycles. The van der Waals surface area contributed by atoms with E-state index < -0.39 is 0 Å². The summed E-state index contributed by atoms with van der Waals surface area (Å²) in [4.78, 5) is 0. The summed E-state index contributed by atoms with van der Waals surface area (Å²) in [6.07, 6.45) is 4.74. The van der Waals surface area contributed by atoms with Gasteiger partial charge in [0, 0.05) is 6.04 Å². The quantitative estimate of drug-likeness (QED) is 0.515. The number of hydrogen-bond donors (Lipinski definition) is 2. The molecule has 0 spiro atoms. The van der Waals surface area contributed by atoms with E-state index >= 15 is 0 Å². The summed E-state index contributed by atoms with van der Waals surface area (Å²) in [5, 5.41) is 12.8. The normalized spacial score (nSPS) is 47.1. The third-order valence-electron chi connectivity index (χ3n) is 2.88. The average Bonchev–Trinajstić information content (AvgIpc) is 1.99. The summed E-state index contributed by atoms with van der Waals surface area (Å²) >= 11 is 0. The van der Waals surface area contributed by atoms with Crippen molar-refractivity contribution < 1.29 is 5.11 Å². The van der Waals surface area contributed by atoms with Crippen LogP contribution >= 0.6 is 0 Å². The van der Waals surface area contributed by atoms with Crippen LogP contribution in [0.4, 0.5) is 0 Å². The van der Waals surface area contributed by atoms with Crippen LogP contribution in [-0.2, 0) is 0 Å². The Balaban J connectivity index is 2.00. The van der Waals surface area contributed by atoms with E-state index in [4.69, 9.17) is 0 Å². The lowest BCUT2D eigenvalue weighted by molar-refractivity contribution is 0.0508. The molecule has 2 rings (SSSR count). The molecule has 2 aliphatic rings. The molecule has 0 radical (unpaired) electrons. The molecule has 0 aromatic rings. The van der Waals surface area contributed by atoms with Crippen molar-refractivity contribution in [2.45, 2.75) is 37.8 Å². The highest BCUT2D eigenvalue weighted by molar-refractivity contribution is 4.88. The number of hydrogen-bond acceptors (Lipinski definition) is 2. The van der Waals surface area contributed by atoms with Crippen molar-refractivity contribution in [1.29, 1.82) is 0 Å². The molecule has 3 atom stereocenters. The van der Waals surface area contributed by atoms with Crippen LogP contribution in [0.2, 0.25) is 0 Å². The zero-order chi connectivity index (χ0) is 6.97. The molecule has 0 aromatic carbocycles. The van der Waals surface area contributed by atoms with Gasteiger partial charge in [0.2, 0.25) is 0 Å². The molecule has 0 unspecified atom stereocenters. The molecule has 1 aliphatic carbocycles. The minimum absolute atomic E-state index is 0.0588. The summed E-state index contributed by atoms with van der Waals surface area (Å²) in [7, 11) is 0. The van der Waals surface area contributed by atoms with Crippen molar-refractivity contribution in [2.75, 3.05) is 6.54 Å². The van der Waals surface area contributed by atoms with Gasteiger partial charge in [-0.05, 0) is 38.1 Å². The van der Waals surface area contributed by atoms with Crippen LogP contribution in [0.15, 0.2) is 0 Å². The van der Waals surface area contributed by atoms with Crippen molar-refractivity contribution >= 4 is 0 Å². The molecular weight excluding hydrogens is 126 g/mol. The summed E-state index contributed by atoms with van der Waals surface area (Å²) in [6.45, 7) is 1.12. The second-order valence-electron chi connectivity index (χ2n) is 3.60. The first-order valence-corrected chi connectivity index (χ1v) is 4.28. The van der Waals surface area contributed by atoms with Gasteiger partial charge in [-0.25, -0.2) is 0 Å². The SMILES string of the molecule is O[C@@H]1CC[C@H]2CCN[C@@H]1C2. The highest BCUT2D eigenvalue weighted by Crippen LogP contribution is 2.29. The van der Waals surface area contributed by atoms with Gasteiger partial charge in [0.05, 0.1) is 6.10 Å². The molecule has 0 aromatic heterocycles. The van der Waals surface area contributed by atoms with Gasteiger partial charge in [-0.2, -0.15) is 0 Å². The van der Waals surface area contributed by atoms with Crippen molar-refractivity contribution in [3.63, 3.8) is 0 Å². The highest BCUT2D eigenvalue weighted by Gasteiger charge is 2.31. The second-order valence-corrected chi connectivity index (χ2v) is 3.60. The van der Waals surface area contributed by atoms with Gasteiger partial charge in [-0.1, -0.05) is 0 Å². The molecule has 2 nitrogen and oxygen atoms in total. The molecule has 2 bridgehead atoms. The van der Waals surface area contributed by atoms with Crippen LogP contribution in [-0.4, -0.2) is 23.8 Å². The molecule has 10 heavy (non-hydrogen) atoms. The van der Waals surface area contributed by atoms with Crippen molar-refractivity contribution in [2.24, 2.45) is 5.92 Å². The van der Waals surface area contributed by atoms with Crippen LogP contribution in [0.25, 0.3) is 0 Å². The largest absolute Gasteiger partial charge is 0.392 e. The van der Waals surface area contributed by atoms with E-state index in [0.29, 0.717) is 6.04 Å². The molecular formula is C8H15NO. The maximum absolute atomic E-state index is 9.46. The Labute approximate surface area is 61.6 Å². The van der Waals surface area contributed by atoms with Crippen LogP contribution < -0.4 is 5.32 Å². The van der Waals surface area contributed by atoms with Crippen molar-refractivity contribution in [1.82, 2.24) is 5.32 Å². The molecule has 1 heterocycles. The smallest absolute Gasteiger partial charge is 0.0693 e. The fraction of sp³-hybridized carbons (Fsp3) is 1.00. The fourth-order valence-corrected chi connectivity index (χ4v) is 2.20. The molecule has 0 amide bonds. The standard InChI is InChI=1S/C8H15NO/c10-8-2-1-6-3-4-9-7(8)5-6/h6-10H,1-5H2/t6-,7+,8+/m0/s1. The van der Waals surface area contributed by atoms with Gasteiger partial charge in [-0.15, -0.1) is 0 Å². The maximum Gasteiger partial charge on any atom is 0.0693 e. The van der Waals surface area contributed by atoms with Gasteiger partial charge in [-0.3, -0.25) is 0 Å². The van der Waals surface area contributed by atoms with E-state index in [-0.39, 0.29) is 6.10 Å². The van der Waals surface area contributed by atoms with E-state index in [0.717, 1.165) is 18.9 Å². The van der Waals surface area contributed by atoms with Gasteiger partial charge in [0.15, 0.2) is 0 Å². The van der Waals surface area contributed by atoms with E-state index in [1.807, 2.05) is 0 Å². The Morgan fingerprint density at radius 2 is 2.10 bits per heavy atom. The van der Waals surface area contributed by atoms with Crippen LogP contribution in [0, 0.1) is 5.92 Å². The first kappa shape index (κ1) is 6.62. The molecule has 2 fully saturated rings. The van der Waals surface area contributed by atoms with Crippen molar-refractivity contribution in [3.05, 3.63) is 0 Å². The zero-order valence-corrected chi connectivity index (χ0v) is 6.21. The summed E-state index contributed by atoms with van der Waals surface area (Å²) in [5.74, 6) is 0.912. The minimum Gasteiger partial charge on any atom is -0.392 e. The number of fused-ring (bicyclic) bond motifs is 2. The molecule has 58 valence electrons. The van der Waals surface area contributed by atoms with E-state index in [1.54, 1.807) is 0 Å². The Bertz CT molecular complexity index is 124. The van der Waals surface area contributed by atoms with E-state index in [2.05, 4.69) is 5.32 Å². The lowest BCUT2D eigenvalue weighted by Gasteiger charge is -2.38. The van der Waals surface area contributed by atoms with Gasteiger partial charge in [0.25, 0.3) is 0 Å². The number of nitrogens with one attached hydrogen (secondary N) is 1. The Kier molecular flexibility index (Phi) is 1.66. The predicted molar refractivity (Wildman–Crippen MR) is 39.8 cm³/mol. The number of aliphatic hydroxyl groups excluding tert-OH is 1. The van der Waals surface area contributed by atoms with Crippen molar-refractivity contribution in [3.8, 4) is 0 Å². The average molecular weight is 141 g/mol. The molecule has 2 heteroatoms. The number of rotatable bonds is 0. The van der Waals surface area contributed by atoms with Crippen LogP contribution in [0.5, 0.6) is 0 Å². The van der Waals surface area contributed by atoms with Gasteiger partial charge >= 0.3 is 0 Å². The van der Waals surface area contributed by atoms with Gasteiger partial charge in [0.1, 0.15) is 0 Å². The third kappa shape index (κ3) is 1.06. The molecule has 1 saturated carbocycles. The first-order chi connectivity index (χ1) is 4.86. The molecule has 2 N–H and O–H groups in total. The van der Waals surface area contributed by atoms with Gasteiger partial charge < -0.3 is 10.4 Å². The summed E-state index contributed by atoms with van der Waals surface area (Å²) in [6, 6.07) is 0.424. The maximum atomic E-state index is 9.46. The number of piperidine rings is 1. The van der Waals surface area contributed by atoms with E-state index in [9.17, 15) is 5.11 Å². The second kappa shape index (κ2) is 2.51. The Morgan fingerprint density at radius 3 is 2.90 bits per heavy atom. The van der Waals surface area contributed by atoms with E-state index in [1.165, 1.54) is 19.3 Å². The predicted octanol–water partition coefficient (Wildman–Crippen LogP) is 0.509. The highest BCUT2D eigenvalue weighted by atomic mass is 16.3. The van der Waals surface area contributed by atoms with Crippen LogP contribution in [0.1, 0.15) is 25.7 Å². The summed E-state index contributed by atoms with van der Waals surface area (Å²) < 4.78 is 0. The lowest BCUT2D eigenvalue weighted by atomic mass is 9.79. The minimum atomic E-state index is -0.0588. The Morgan fingerprint density at radius 1 is 1.20 bits per heavy atom. The number of aliphatic hydroxyl groups is 1. The Hall–Kier alpha value is -0.0800. The lowest BCUT2D eigenvalue weighted by Crippen LogP contribution is -2.49. The zero-order valence-electron chi connectivity index (χ0n) is 6.21.